The van der Waals surface area contributed by atoms with Gasteiger partial charge in [0.05, 0.1) is 12.7 Å². The zero-order chi connectivity index (χ0) is 13.1. The highest BCUT2D eigenvalue weighted by atomic mass is 16.5. The van der Waals surface area contributed by atoms with Crippen LogP contribution in [0.2, 0.25) is 0 Å². The van der Waals surface area contributed by atoms with Crippen molar-refractivity contribution in [3.8, 4) is 0 Å². The largest absolute Gasteiger partial charge is 0.465 e. The quantitative estimate of drug-likeness (QED) is 0.596. The molecule has 0 aliphatic heterocycles. The van der Waals surface area contributed by atoms with Crippen LogP contribution in [0.5, 0.6) is 0 Å². The number of hydrogen-bond donors (Lipinski definition) is 0. The van der Waals surface area contributed by atoms with Crippen LogP contribution in [-0.2, 0) is 4.74 Å². The molecule has 0 amide bonds. The minimum atomic E-state index is -0.389. The van der Waals surface area contributed by atoms with Gasteiger partial charge in [-0.25, -0.2) is 4.79 Å². The van der Waals surface area contributed by atoms with Crippen molar-refractivity contribution in [3.63, 3.8) is 0 Å². The highest BCUT2D eigenvalue weighted by Gasteiger charge is 2.17. The molecule has 0 saturated heterocycles. The Bertz CT molecular complexity index is 410. The predicted octanol–water partition coefficient (Wildman–Crippen LogP) is 3.09. The van der Waals surface area contributed by atoms with E-state index in [0.717, 1.165) is 0 Å². The minimum absolute atomic E-state index is 0.0297. The second-order valence-electron chi connectivity index (χ2n) is 5.23. The summed E-state index contributed by atoms with van der Waals surface area (Å²) in [7, 11) is 1.33. The number of carbonyl (C=O) groups excluding carboxylic acids is 2. The molecular formula is C14H18O3. The van der Waals surface area contributed by atoms with Crippen LogP contribution in [0.15, 0.2) is 24.3 Å². The molecule has 0 atom stereocenters. The molecule has 1 aromatic rings. The lowest BCUT2D eigenvalue weighted by molar-refractivity contribution is 0.0600. The molecule has 0 spiro atoms. The standard InChI is InChI=1S/C14H18O3/c1-14(2,3)9-12(15)10-5-7-11(8-6-10)13(16)17-4/h5-8H,9H2,1-4H3. The Labute approximate surface area is 102 Å². The van der Waals surface area contributed by atoms with Gasteiger partial charge in [0.2, 0.25) is 0 Å². The van der Waals surface area contributed by atoms with E-state index in [9.17, 15) is 9.59 Å². The highest BCUT2D eigenvalue weighted by molar-refractivity contribution is 5.97. The first-order valence-corrected chi connectivity index (χ1v) is 5.55. The van der Waals surface area contributed by atoms with E-state index in [4.69, 9.17) is 0 Å². The lowest BCUT2D eigenvalue weighted by atomic mass is 9.88. The fourth-order valence-electron chi connectivity index (χ4n) is 1.49. The average molecular weight is 234 g/mol. The number of Topliss-reactive ketones (excluding diaryl/α,β-unsaturated/α-hetero) is 1. The molecule has 0 aliphatic rings. The molecule has 92 valence electrons. The third-order valence-electron chi connectivity index (χ3n) is 2.32. The van der Waals surface area contributed by atoms with Gasteiger partial charge in [-0.2, -0.15) is 0 Å². The van der Waals surface area contributed by atoms with E-state index < -0.39 is 0 Å². The van der Waals surface area contributed by atoms with Crippen LogP contribution >= 0.6 is 0 Å². The zero-order valence-electron chi connectivity index (χ0n) is 10.7. The smallest absolute Gasteiger partial charge is 0.337 e. The van der Waals surface area contributed by atoms with Gasteiger partial charge in [0.1, 0.15) is 0 Å². The maximum absolute atomic E-state index is 11.9. The minimum Gasteiger partial charge on any atom is -0.465 e. The fourth-order valence-corrected chi connectivity index (χ4v) is 1.49. The summed E-state index contributed by atoms with van der Waals surface area (Å²) in [6.45, 7) is 6.06. The van der Waals surface area contributed by atoms with Crippen molar-refractivity contribution < 1.29 is 14.3 Å². The van der Waals surface area contributed by atoms with E-state index in [2.05, 4.69) is 4.74 Å². The lowest BCUT2D eigenvalue weighted by Gasteiger charge is -2.16. The van der Waals surface area contributed by atoms with Gasteiger partial charge in [-0.05, 0) is 17.5 Å². The summed E-state index contributed by atoms with van der Waals surface area (Å²) in [5.41, 5.74) is 1.06. The van der Waals surface area contributed by atoms with E-state index >= 15 is 0 Å². The molecule has 0 aliphatic carbocycles. The summed E-state index contributed by atoms with van der Waals surface area (Å²) >= 11 is 0. The number of rotatable bonds is 3. The first-order chi connectivity index (χ1) is 7.83. The highest BCUT2D eigenvalue weighted by Crippen LogP contribution is 2.21. The van der Waals surface area contributed by atoms with Crippen LogP contribution < -0.4 is 0 Å². The Balaban J connectivity index is 2.81. The van der Waals surface area contributed by atoms with Crippen molar-refractivity contribution in [1.29, 1.82) is 0 Å². The molecule has 0 N–H and O–H groups in total. The summed E-state index contributed by atoms with van der Waals surface area (Å²) in [6, 6.07) is 6.56. The molecule has 1 rings (SSSR count). The number of benzene rings is 1. The van der Waals surface area contributed by atoms with Crippen LogP contribution in [0.3, 0.4) is 0 Å². The predicted molar refractivity (Wildman–Crippen MR) is 66.2 cm³/mol. The Morgan fingerprint density at radius 3 is 1.94 bits per heavy atom. The second kappa shape index (κ2) is 5.13. The van der Waals surface area contributed by atoms with Crippen LogP contribution in [0.4, 0.5) is 0 Å². The Morgan fingerprint density at radius 2 is 1.53 bits per heavy atom. The molecule has 0 saturated carbocycles. The van der Waals surface area contributed by atoms with Gasteiger partial charge in [0.25, 0.3) is 0 Å². The maximum atomic E-state index is 11.9. The first kappa shape index (κ1) is 13.4. The third-order valence-corrected chi connectivity index (χ3v) is 2.32. The molecule has 17 heavy (non-hydrogen) atoms. The van der Waals surface area contributed by atoms with Crippen LogP contribution in [0, 0.1) is 5.41 Å². The summed E-state index contributed by atoms with van der Waals surface area (Å²) in [5, 5.41) is 0. The first-order valence-electron chi connectivity index (χ1n) is 5.55. The molecule has 1 aromatic carbocycles. The van der Waals surface area contributed by atoms with Gasteiger partial charge in [0, 0.05) is 12.0 Å². The monoisotopic (exact) mass is 234 g/mol. The van der Waals surface area contributed by atoms with Crippen LogP contribution in [0.25, 0.3) is 0 Å². The van der Waals surface area contributed by atoms with E-state index in [-0.39, 0.29) is 17.2 Å². The van der Waals surface area contributed by atoms with Gasteiger partial charge in [0.15, 0.2) is 5.78 Å². The normalized spacial score (nSPS) is 11.1. The van der Waals surface area contributed by atoms with Crippen LogP contribution in [-0.4, -0.2) is 18.9 Å². The number of hydrogen-bond acceptors (Lipinski definition) is 3. The number of esters is 1. The summed E-state index contributed by atoms with van der Waals surface area (Å²) in [5.74, 6) is -0.297. The van der Waals surface area contributed by atoms with E-state index in [1.165, 1.54) is 7.11 Å². The molecule has 0 fully saturated rings. The zero-order valence-corrected chi connectivity index (χ0v) is 10.7. The Kier molecular flexibility index (Phi) is 4.05. The number of ether oxygens (including phenoxy) is 1. The van der Waals surface area contributed by atoms with Crippen molar-refractivity contribution in [1.82, 2.24) is 0 Å². The number of carbonyl (C=O) groups is 2. The Morgan fingerprint density at radius 1 is 1.06 bits per heavy atom. The third kappa shape index (κ3) is 4.02. The second-order valence-corrected chi connectivity index (χ2v) is 5.23. The maximum Gasteiger partial charge on any atom is 0.337 e. The molecule has 0 radical (unpaired) electrons. The molecule has 0 aromatic heterocycles. The van der Waals surface area contributed by atoms with E-state index in [1.54, 1.807) is 24.3 Å². The molecule has 3 heteroatoms. The molecular weight excluding hydrogens is 216 g/mol. The van der Waals surface area contributed by atoms with Crippen molar-refractivity contribution >= 4 is 11.8 Å². The van der Waals surface area contributed by atoms with Crippen molar-refractivity contribution in [2.24, 2.45) is 5.41 Å². The van der Waals surface area contributed by atoms with Gasteiger partial charge >= 0.3 is 5.97 Å². The van der Waals surface area contributed by atoms with Crippen molar-refractivity contribution in [2.45, 2.75) is 27.2 Å². The average Bonchev–Trinajstić information content (AvgIpc) is 2.26. The molecule has 0 unspecified atom stereocenters. The van der Waals surface area contributed by atoms with Gasteiger partial charge in [-0.15, -0.1) is 0 Å². The van der Waals surface area contributed by atoms with Gasteiger partial charge in [-0.3, -0.25) is 4.79 Å². The molecule has 0 heterocycles. The van der Waals surface area contributed by atoms with E-state index in [1.807, 2.05) is 20.8 Å². The van der Waals surface area contributed by atoms with Gasteiger partial charge in [-0.1, -0.05) is 32.9 Å². The number of ketones is 1. The summed E-state index contributed by atoms with van der Waals surface area (Å²) in [4.78, 5) is 23.1. The summed E-state index contributed by atoms with van der Waals surface area (Å²) in [6.07, 6.45) is 0.491. The van der Waals surface area contributed by atoms with Gasteiger partial charge < -0.3 is 4.74 Å². The SMILES string of the molecule is COC(=O)c1ccc(C(=O)CC(C)(C)C)cc1. The Hall–Kier alpha value is -1.64. The lowest BCUT2D eigenvalue weighted by Crippen LogP contribution is -2.13. The number of methoxy groups -OCH3 is 1. The molecule has 0 bridgehead atoms. The van der Waals surface area contributed by atoms with Crippen molar-refractivity contribution in [2.75, 3.05) is 7.11 Å². The van der Waals surface area contributed by atoms with Crippen LogP contribution in [0.1, 0.15) is 47.9 Å². The fraction of sp³-hybridized carbons (Fsp3) is 0.429. The summed E-state index contributed by atoms with van der Waals surface area (Å²) < 4.78 is 4.59. The molecule has 3 nitrogen and oxygen atoms in total. The van der Waals surface area contributed by atoms with E-state index in [0.29, 0.717) is 17.5 Å². The topological polar surface area (TPSA) is 43.4 Å². The van der Waals surface area contributed by atoms with Crippen molar-refractivity contribution in [3.05, 3.63) is 35.4 Å².